The van der Waals surface area contributed by atoms with Gasteiger partial charge in [0, 0.05) is 25.5 Å². The van der Waals surface area contributed by atoms with Crippen molar-refractivity contribution >= 4 is 5.91 Å². The molecule has 5 heteroatoms. The van der Waals surface area contributed by atoms with Gasteiger partial charge in [0.05, 0.1) is 12.5 Å². The predicted octanol–water partition coefficient (Wildman–Crippen LogP) is 1.74. The van der Waals surface area contributed by atoms with Crippen LogP contribution < -0.4 is 10.6 Å². The van der Waals surface area contributed by atoms with Gasteiger partial charge in [-0.2, -0.15) is 0 Å². The smallest absolute Gasteiger partial charge is 0.224 e. The number of nitrogens with one attached hydrogen (secondary N) is 2. The SMILES string of the molecule is O=C(NCc1nccn1CCc1ccccc1)C1CCCNC1. The molecule has 1 saturated heterocycles. The number of hydrogen-bond acceptors (Lipinski definition) is 3. The van der Waals surface area contributed by atoms with Gasteiger partial charge in [-0.15, -0.1) is 0 Å². The molecule has 0 saturated carbocycles. The molecule has 1 fully saturated rings. The standard InChI is InChI=1S/C18H24N4O/c23-18(16-7-4-9-19-13-16)21-14-17-20-10-12-22(17)11-8-15-5-2-1-3-6-15/h1-3,5-6,10,12,16,19H,4,7-9,11,13-14H2,(H,21,23). The highest BCUT2D eigenvalue weighted by atomic mass is 16.1. The monoisotopic (exact) mass is 312 g/mol. The van der Waals surface area contributed by atoms with Crippen LogP contribution in [-0.2, 0) is 24.3 Å². The summed E-state index contributed by atoms with van der Waals surface area (Å²) in [5.74, 6) is 1.14. The quantitative estimate of drug-likeness (QED) is 0.854. The minimum Gasteiger partial charge on any atom is -0.349 e. The molecule has 0 bridgehead atoms. The predicted molar refractivity (Wildman–Crippen MR) is 89.8 cm³/mol. The lowest BCUT2D eigenvalue weighted by Crippen LogP contribution is -2.40. The van der Waals surface area contributed by atoms with Crippen molar-refractivity contribution in [3.63, 3.8) is 0 Å². The number of amides is 1. The minimum absolute atomic E-state index is 0.0940. The molecule has 2 N–H and O–H groups in total. The number of piperidine rings is 1. The third kappa shape index (κ3) is 4.42. The molecule has 1 aromatic carbocycles. The molecule has 0 aliphatic carbocycles. The maximum absolute atomic E-state index is 12.2. The lowest BCUT2D eigenvalue weighted by atomic mass is 9.99. The van der Waals surface area contributed by atoms with Gasteiger partial charge in [-0.25, -0.2) is 4.98 Å². The zero-order valence-corrected chi connectivity index (χ0v) is 13.4. The summed E-state index contributed by atoms with van der Waals surface area (Å²) in [5, 5.41) is 6.31. The summed E-state index contributed by atoms with van der Waals surface area (Å²) >= 11 is 0. The van der Waals surface area contributed by atoms with E-state index < -0.39 is 0 Å². The molecule has 1 amide bonds. The lowest BCUT2D eigenvalue weighted by Gasteiger charge is -2.21. The summed E-state index contributed by atoms with van der Waals surface area (Å²) in [4.78, 5) is 16.6. The Hall–Kier alpha value is -2.14. The van der Waals surface area contributed by atoms with E-state index in [9.17, 15) is 4.79 Å². The van der Waals surface area contributed by atoms with Crippen molar-refractivity contribution in [2.45, 2.75) is 32.4 Å². The third-order valence-corrected chi connectivity index (χ3v) is 4.37. The third-order valence-electron chi connectivity index (χ3n) is 4.37. The van der Waals surface area contributed by atoms with Crippen molar-refractivity contribution in [3.05, 3.63) is 54.1 Å². The Kier molecular flexibility index (Phi) is 5.42. The fourth-order valence-corrected chi connectivity index (χ4v) is 2.99. The number of carbonyl (C=O) groups is 1. The number of hydrogen-bond donors (Lipinski definition) is 2. The first-order valence-corrected chi connectivity index (χ1v) is 8.35. The highest BCUT2D eigenvalue weighted by molar-refractivity contribution is 5.78. The van der Waals surface area contributed by atoms with Gasteiger partial charge >= 0.3 is 0 Å². The Morgan fingerprint density at radius 3 is 3.00 bits per heavy atom. The summed E-state index contributed by atoms with van der Waals surface area (Å²) < 4.78 is 2.12. The molecule has 2 heterocycles. The average Bonchev–Trinajstić information content (AvgIpc) is 3.07. The van der Waals surface area contributed by atoms with E-state index in [4.69, 9.17) is 0 Å². The summed E-state index contributed by atoms with van der Waals surface area (Å²) in [7, 11) is 0. The molecule has 0 radical (unpaired) electrons. The Morgan fingerprint density at radius 1 is 1.35 bits per heavy atom. The molecule has 1 atom stereocenters. The molecule has 0 spiro atoms. The van der Waals surface area contributed by atoms with E-state index in [1.807, 2.05) is 12.3 Å². The molecule has 3 rings (SSSR count). The van der Waals surface area contributed by atoms with Crippen molar-refractivity contribution in [2.24, 2.45) is 5.92 Å². The lowest BCUT2D eigenvalue weighted by molar-refractivity contribution is -0.125. The van der Waals surface area contributed by atoms with Gasteiger partial charge in [0.25, 0.3) is 0 Å². The second kappa shape index (κ2) is 7.92. The van der Waals surface area contributed by atoms with Crippen LogP contribution in [0.4, 0.5) is 0 Å². The fraction of sp³-hybridized carbons (Fsp3) is 0.444. The number of benzene rings is 1. The summed E-state index contributed by atoms with van der Waals surface area (Å²) in [6, 6.07) is 10.4. The second-order valence-electron chi connectivity index (χ2n) is 6.03. The van der Waals surface area contributed by atoms with Crippen LogP contribution in [0, 0.1) is 5.92 Å². The van der Waals surface area contributed by atoms with Crippen molar-refractivity contribution in [2.75, 3.05) is 13.1 Å². The Bertz CT molecular complexity index is 617. The molecule has 1 aliphatic heterocycles. The van der Waals surface area contributed by atoms with E-state index in [1.165, 1.54) is 5.56 Å². The van der Waals surface area contributed by atoms with E-state index in [1.54, 1.807) is 6.20 Å². The number of nitrogens with zero attached hydrogens (tertiary/aromatic N) is 2. The van der Waals surface area contributed by atoms with E-state index in [-0.39, 0.29) is 11.8 Å². The average molecular weight is 312 g/mol. The van der Waals surface area contributed by atoms with Crippen molar-refractivity contribution in [1.82, 2.24) is 20.2 Å². The molecule has 1 aromatic heterocycles. The maximum atomic E-state index is 12.2. The number of aromatic nitrogens is 2. The van der Waals surface area contributed by atoms with Gasteiger partial charge in [0.1, 0.15) is 5.82 Å². The summed E-state index contributed by atoms with van der Waals surface area (Å²) in [6.45, 7) is 3.18. The first kappa shape index (κ1) is 15.7. The molecule has 1 aliphatic rings. The Balaban J connectivity index is 1.51. The maximum Gasteiger partial charge on any atom is 0.224 e. The van der Waals surface area contributed by atoms with Gasteiger partial charge < -0.3 is 15.2 Å². The van der Waals surface area contributed by atoms with Crippen LogP contribution in [0.1, 0.15) is 24.2 Å². The highest BCUT2D eigenvalue weighted by Crippen LogP contribution is 2.10. The van der Waals surface area contributed by atoms with Gasteiger partial charge in [0.2, 0.25) is 5.91 Å². The van der Waals surface area contributed by atoms with E-state index >= 15 is 0 Å². The van der Waals surface area contributed by atoms with Crippen molar-refractivity contribution < 1.29 is 4.79 Å². The molecule has 2 aromatic rings. The zero-order chi connectivity index (χ0) is 15.9. The molecule has 1 unspecified atom stereocenters. The van der Waals surface area contributed by atoms with Crippen LogP contribution >= 0.6 is 0 Å². The van der Waals surface area contributed by atoms with Crippen LogP contribution in [0.3, 0.4) is 0 Å². The van der Waals surface area contributed by atoms with E-state index in [2.05, 4.69) is 44.5 Å². The number of imidazole rings is 1. The van der Waals surface area contributed by atoms with Crippen LogP contribution in [0.5, 0.6) is 0 Å². The van der Waals surface area contributed by atoms with Gasteiger partial charge in [-0.1, -0.05) is 30.3 Å². The highest BCUT2D eigenvalue weighted by Gasteiger charge is 2.20. The first-order valence-electron chi connectivity index (χ1n) is 8.35. The Morgan fingerprint density at radius 2 is 2.22 bits per heavy atom. The van der Waals surface area contributed by atoms with Crippen molar-refractivity contribution in [1.29, 1.82) is 0 Å². The largest absolute Gasteiger partial charge is 0.349 e. The number of rotatable bonds is 6. The molecule has 23 heavy (non-hydrogen) atoms. The molecular formula is C18H24N4O. The van der Waals surface area contributed by atoms with E-state index in [0.717, 1.165) is 44.7 Å². The first-order chi connectivity index (χ1) is 11.3. The fourth-order valence-electron chi connectivity index (χ4n) is 2.99. The normalized spacial score (nSPS) is 17.8. The summed E-state index contributed by atoms with van der Waals surface area (Å²) in [6.07, 6.45) is 6.79. The van der Waals surface area contributed by atoms with Crippen molar-refractivity contribution in [3.8, 4) is 0 Å². The van der Waals surface area contributed by atoms with Gasteiger partial charge in [-0.3, -0.25) is 4.79 Å². The molecule has 122 valence electrons. The minimum atomic E-state index is 0.0940. The second-order valence-corrected chi connectivity index (χ2v) is 6.03. The van der Waals surface area contributed by atoms with Crippen LogP contribution in [0.2, 0.25) is 0 Å². The zero-order valence-electron chi connectivity index (χ0n) is 13.4. The van der Waals surface area contributed by atoms with Gasteiger partial charge in [0.15, 0.2) is 0 Å². The summed E-state index contributed by atoms with van der Waals surface area (Å²) in [5.41, 5.74) is 1.31. The number of carbonyl (C=O) groups excluding carboxylic acids is 1. The van der Waals surface area contributed by atoms with Crippen LogP contribution in [-0.4, -0.2) is 28.5 Å². The van der Waals surface area contributed by atoms with Crippen LogP contribution in [0.25, 0.3) is 0 Å². The molecular weight excluding hydrogens is 288 g/mol. The van der Waals surface area contributed by atoms with E-state index in [0.29, 0.717) is 6.54 Å². The Labute approximate surface area is 137 Å². The topological polar surface area (TPSA) is 59.0 Å². The van der Waals surface area contributed by atoms with Gasteiger partial charge in [-0.05, 0) is 31.4 Å². The number of aryl methyl sites for hydroxylation is 2. The molecule has 5 nitrogen and oxygen atoms in total. The van der Waals surface area contributed by atoms with Crippen LogP contribution in [0.15, 0.2) is 42.7 Å².